The lowest BCUT2D eigenvalue weighted by Crippen LogP contribution is -2.47. The highest BCUT2D eigenvalue weighted by atomic mass is 16.5. The first-order chi connectivity index (χ1) is 9.13. The van der Waals surface area contributed by atoms with Crippen LogP contribution in [0.1, 0.15) is 29.7 Å². The van der Waals surface area contributed by atoms with Crippen molar-refractivity contribution >= 4 is 0 Å². The summed E-state index contributed by atoms with van der Waals surface area (Å²) in [4.78, 5) is 2.42. The van der Waals surface area contributed by atoms with Crippen molar-refractivity contribution in [1.82, 2.24) is 10.2 Å². The molecule has 0 aliphatic carbocycles. The molecule has 0 radical (unpaired) electrons. The molecule has 0 aromatic heterocycles. The van der Waals surface area contributed by atoms with E-state index in [9.17, 15) is 0 Å². The highest BCUT2D eigenvalue weighted by Gasteiger charge is 2.31. The van der Waals surface area contributed by atoms with E-state index in [-0.39, 0.29) is 6.10 Å². The summed E-state index contributed by atoms with van der Waals surface area (Å²) >= 11 is 0. The minimum absolute atomic E-state index is 0.235. The minimum atomic E-state index is 0.235. The Morgan fingerprint density at radius 2 is 2.16 bits per heavy atom. The molecular formula is C16H26N2O. The highest BCUT2D eigenvalue weighted by Crippen LogP contribution is 2.30. The first-order valence-electron chi connectivity index (χ1n) is 7.23. The zero-order chi connectivity index (χ0) is 13.8. The number of morpholine rings is 1. The number of likely N-dealkylation sites (N-methyl/N-ethyl adjacent to an activating group) is 2. The van der Waals surface area contributed by atoms with Crippen LogP contribution in [-0.4, -0.2) is 44.3 Å². The van der Waals surface area contributed by atoms with Crippen molar-refractivity contribution in [3.63, 3.8) is 0 Å². The molecule has 1 N–H and O–H groups in total. The molecular weight excluding hydrogens is 236 g/mol. The van der Waals surface area contributed by atoms with E-state index in [0.717, 1.165) is 26.2 Å². The molecule has 1 saturated heterocycles. The second-order valence-electron chi connectivity index (χ2n) is 5.50. The van der Waals surface area contributed by atoms with Crippen LogP contribution >= 0.6 is 0 Å². The van der Waals surface area contributed by atoms with Crippen LogP contribution < -0.4 is 5.32 Å². The Bertz CT molecular complexity index is 419. The Labute approximate surface area is 116 Å². The molecule has 0 bridgehead atoms. The maximum absolute atomic E-state index is 6.01. The second-order valence-corrected chi connectivity index (χ2v) is 5.50. The number of aryl methyl sites for hydroxylation is 2. The first kappa shape index (κ1) is 14.5. The van der Waals surface area contributed by atoms with Gasteiger partial charge in [-0.1, -0.05) is 30.7 Å². The lowest BCUT2D eigenvalue weighted by atomic mass is 9.93. The highest BCUT2D eigenvalue weighted by molar-refractivity contribution is 5.34. The summed E-state index contributed by atoms with van der Waals surface area (Å²) in [6.45, 7) is 10.2. The molecule has 2 atom stereocenters. The Morgan fingerprint density at radius 1 is 1.37 bits per heavy atom. The van der Waals surface area contributed by atoms with Gasteiger partial charge in [0.1, 0.15) is 0 Å². The number of hydrogen-bond donors (Lipinski definition) is 1. The van der Waals surface area contributed by atoms with E-state index in [1.807, 2.05) is 0 Å². The molecule has 1 aromatic rings. The molecule has 0 amide bonds. The van der Waals surface area contributed by atoms with E-state index < -0.39 is 0 Å². The second kappa shape index (κ2) is 6.51. The molecule has 2 rings (SSSR count). The van der Waals surface area contributed by atoms with Crippen molar-refractivity contribution in [2.75, 3.05) is 33.3 Å². The maximum atomic E-state index is 6.01. The van der Waals surface area contributed by atoms with E-state index in [0.29, 0.717) is 6.04 Å². The summed E-state index contributed by atoms with van der Waals surface area (Å²) in [6.07, 6.45) is 0.235. The first-order valence-corrected chi connectivity index (χ1v) is 7.23. The lowest BCUT2D eigenvalue weighted by Gasteiger charge is -2.40. The van der Waals surface area contributed by atoms with Gasteiger partial charge in [-0.05, 0) is 38.6 Å². The SMILES string of the molecule is CCNCC1OCCN(C)C1c1cc(C)ccc1C. The lowest BCUT2D eigenvalue weighted by molar-refractivity contribution is -0.0613. The largest absolute Gasteiger partial charge is 0.374 e. The third-order valence-electron chi connectivity index (χ3n) is 3.95. The minimum Gasteiger partial charge on any atom is -0.374 e. The van der Waals surface area contributed by atoms with Crippen molar-refractivity contribution in [3.8, 4) is 0 Å². The van der Waals surface area contributed by atoms with Crippen molar-refractivity contribution in [1.29, 1.82) is 0 Å². The van der Waals surface area contributed by atoms with Gasteiger partial charge in [0.25, 0.3) is 0 Å². The van der Waals surface area contributed by atoms with Crippen molar-refractivity contribution in [2.24, 2.45) is 0 Å². The van der Waals surface area contributed by atoms with E-state index in [2.05, 4.69) is 56.2 Å². The van der Waals surface area contributed by atoms with Crippen LogP contribution in [0, 0.1) is 13.8 Å². The van der Waals surface area contributed by atoms with Crippen LogP contribution in [-0.2, 0) is 4.74 Å². The quantitative estimate of drug-likeness (QED) is 0.901. The van der Waals surface area contributed by atoms with Gasteiger partial charge in [0.2, 0.25) is 0 Å². The zero-order valence-corrected chi connectivity index (χ0v) is 12.6. The number of nitrogens with zero attached hydrogens (tertiary/aromatic N) is 1. The summed E-state index contributed by atoms with van der Waals surface area (Å²) < 4.78 is 6.01. The van der Waals surface area contributed by atoms with Crippen LogP contribution in [0.3, 0.4) is 0 Å². The topological polar surface area (TPSA) is 24.5 Å². The molecule has 1 aliphatic rings. The average Bonchev–Trinajstić information content (AvgIpc) is 2.39. The molecule has 3 heteroatoms. The fourth-order valence-corrected chi connectivity index (χ4v) is 2.84. The molecule has 0 spiro atoms. The molecule has 1 aliphatic heterocycles. The van der Waals surface area contributed by atoms with E-state index in [1.165, 1.54) is 16.7 Å². The summed E-state index contributed by atoms with van der Waals surface area (Å²) in [6, 6.07) is 7.07. The fraction of sp³-hybridized carbons (Fsp3) is 0.625. The third-order valence-corrected chi connectivity index (χ3v) is 3.95. The molecule has 3 nitrogen and oxygen atoms in total. The van der Waals surface area contributed by atoms with Gasteiger partial charge in [-0.25, -0.2) is 0 Å². The summed E-state index contributed by atoms with van der Waals surface area (Å²) in [5.41, 5.74) is 4.08. The fourth-order valence-electron chi connectivity index (χ4n) is 2.84. The number of benzene rings is 1. The van der Waals surface area contributed by atoms with Crippen molar-refractivity contribution in [3.05, 3.63) is 34.9 Å². The van der Waals surface area contributed by atoms with Crippen LogP contribution in [0.4, 0.5) is 0 Å². The Kier molecular flexibility index (Phi) is 4.97. The summed E-state index contributed by atoms with van der Waals surface area (Å²) in [5, 5.41) is 3.42. The molecule has 1 heterocycles. The Morgan fingerprint density at radius 3 is 2.89 bits per heavy atom. The zero-order valence-electron chi connectivity index (χ0n) is 12.6. The van der Waals surface area contributed by atoms with E-state index >= 15 is 0 Å². The van der Waals surface area contributed by atoms with Gasteiger partial charge in [-0.15, -0.1) is 0 Å². The normalized spacial score (nSPS) is 24.6. The number of ether oxygens (including phenoxy) is 1. The standard InChI is InChI=1S/C16H26N2O/c1-5-17-11-15-16(18(4)8-9-19-15)14-10-12(2)6-7-13(14)3/h6-7,10,15-17H,5,8-9,11H2,1-4H3. The monoisotopic (exact) mass is 262 g/mol. The van der Waals surface area contributed by atoms with Gasteiger partial charge in [0, 0.05) is 13.1 Å². The molecule has 0 saturated carbocycles. The summed E-state index contributed by atoms with van der Waals surface area (Å²) in [7, 11) is 2.20. The molecule has 1 aromatic carbocycles. The third kappa shape index (κ3) is 3.35. The van der Waals surface area contributed by atoms with Crippen LogP contribution in [0.5, 0.6) is 0 Å². The predicted molar refractivity (Wildman–Crippen MR) is 79.6 cm³/mol. The van der Waals surface area contributed by atoms with Gasteiger partial charge in [-0.2, -0.15) is 0 Å². The predicted octanol–water partition coefficient (Wildman–Crippen LogP) is 2.28. The Balaban J connectivity index is 2.27. The van der Waals surface area contributed by atoms with E-state index in [4.69, 9.17) is 4.74 Å². The molecule has 1 fully saturated rings. The van der Waals surface area contributed by atoms with Gasteiger partial charge in [0.15, 0.2) is 0 Å². The summed E-state index contributed by atoms with van der Waals surface area (Å²) in [5.74, 6) is 0. The maximum Gasteiger partial charge on any atom is 0.0896 e. The van der Waals surface area contributed by atoms with Crippen molar-refractivity contribution < 1.29 is 4.74 Å². The van der Waals surface area contributed by atoms with Crippen LogP contribution in [0.2, 0.25) is 0 Å². The van der Waals surface area contributed by atoms with E-state index in [1.54, 1.807) is 0 Å². The van der Waals surface area contributed by atoms with Gasteiger partial charge in [0.05, 0.1) is 18.8 Å². The Hall–Kier alpha value is -0.900. The molecule has 19 heavy (non-hydrogen) atoms. The number of nitrogens with one attached hydrogen (secondary N) is 1. The van der Waals surface area contributed by atoms with Gasteiger partial charge >= 0.3 is 0 Å². The van der Waals surface area contributed by atoms with Crippen LogP contribution in [0.15, 0.2) is 18.2 Å². The average molecular weight is 262 g/mol. The van der Waals surface area contributed by atoms with Gasteiger partial charge in [-0.3, -0.25) is 4.90 Å². The van der Waals surface area contributed by atoms with Gasteiger partial charge < -0.3 is 10.1 Å². The number of rotatable bonds is 4. The smallest absolute Gasteiger partial charge is 0.0896 e. The van der Waals surface area contributed by atoms with Crippen LogP contribution in [0.25, 0.3) is 0 Å². The van der Waals surface area contributed by atoms with Crippen molar-refractivity contribution in [2.45, 2.75) is 32.9 Å². The number of hydrogen-bond acceptors (Lipinski definition) is 3. The molecule has 106 valence electrons. The molecule has 2 unspecified atom stereocenters.